The zero-order valence-corrected chi connectivity index (χ0v) is 16.1. The predicted octanol–water partition coefficient (Wildman–Crippen LogP) is 2.59. The zero-order valence-electron chi connectivity index (χ0n) is 15.3. The van der Waals surface area contributed by atoms with Crippen LogP contribution in [-0.2, 0) is 23.1 Å². The van der Waals surface area contributed by atoms with Crippen LogP contribution in [0.4, 0.5) is 0 Å². The van der Waals surface area contributed by atoms with Gasteiger partial charge < -0.3 is 5.32 Å². The summed E-state index contributed by atoms with van der Waals surface area (Å²) in [6.45, 7) is 3.27. The molecule has 6 nitrogen and oxygen atoms in total. The van der Waals surface area contributed by atoms with Crippen LogP contribution in [0.1, 0.15) is 16.7 Å². The molecule has 0 radical (unpaired) electrons. The molecule has 0 saturated heterocycles. The van der Waals surface area contributed by atoms with Gasteiger partial charge >= 0.3 is 0 Å². The van der Waals surface area contributed by atoms with Gasteiger partial charge in [0.2, 0.25) is 10.0 Å². The molecule has 1 aromatic heterocycles. The normalized spacial score (nSPS) is 11.6. The Bertz CT molecular complexity index is 951. The Kier molecular flexibility index (Phi) is 6.39. The molecule has 0 spiro atoms. The van der Waals surface area contributed by atoms with E-state index in [0.717, 1.165) is 22.4 Å². The number of aryl methyl sites for hydroxylation is 1. The number of nitrogens with one attached hydrogen (secondary N) is 3. The number of nitrogens with zero attached hydrogens (tertiary/aromatic N) is 1. The summed E-state index contributed by atoms with van der Waals surface area (Å²) >= 11 is 0. The quantitative estimate of drug-likeness (QED) is 0.495. The van der Waals surface area contributed by atoms with Gasteiger partial charge in [-0.05, 0) is 18.1 Å². The number of sulfonamides is 1. The molecule has 0 aliphatic heterocycles. The van der Waals surface area contributed by atoms with E-state index in [1.807, 2.05) is 49.4 Å². The molecule has 0 unspecified atom stereocenters. The maximum atomic E-state index is 12.1. The van der Waals surface area contributed by atoms with E-state index >= 15 is 0 Å². The molecule has 2 aromatic carbocycles. The van der Waals surface area contributed by atoms with Crippen LogP contribution in [0.25, 0.3) is 11.3 Å². The molecule has 0 saturated carbocycles. The van der Waals surface area contributed by atoms with Crippen LogP contribution in [0.15, 0.2) is 60.8 Å². The summed E-state index contributed by atoms with van der Waals surface area (Å²) in [7, 11) is -3.32. The smallest absolute Gasteiger partial charge is 0.213 e. The second kappa shape index (κ2) is 8.94. The van der Waals surface area contributed by atoms with E-state index in [-0.39, 0.29) is 5.75 Å². The Morgan fingerprint density at radius 3 is 2.48 bits per heavy atom. The standard InChI is InChI=1S/C20H24N4O2S/c1-16-7-9-18(10-8-16)20-19(15-22-24-20)14-21-11-12-27(25,26)23-13-17-5-3-2-4-6-17/h2-10,15,21,23H,11-14H2,1H3,(H,22,24). The third-order valence-electron chi connectivity index (χ3n) is 4.26. The lowest BCUT2D eigenvalue weighted by atomic mass is 10.1. The van der Waals surface area contributed by atoms with Gasteiger partial charge in [0.15, 0.2) is 0 Å². The summed E-state index contributed by atoms with van der Waals surface area (Å²) in [5.41, 5.74) is 5.16. The van der Waals surface area contributed by atoms with E-state index in [1.54, 1.807) is 6.20 Å². The molecule has 0 aliphatic rings. The molecule has 3 N–H and O–H groups in total. The van der Waals surface area contributed by atoms with Crippen LogP contribution in [0, 0.1) is 6.92 Å². The van der Waals surface area contributed by atoms with Crippen molar-refractivity contribution < 1.29 is 8.42 Å². The van der Waals surface area contributed by atoms with E-state index < -0.39 is 10.0 Å². The second-order valence-electron chi connectivity index (χ2n) is 6.44. The summed E-state index contributed by atoms with van der Waals surface area (Å²) in [5, 5.41) is 10.3. The molecule has 7 heteroatoms. The first-order valence-corrected chi connectivity index (χ1v) is 10.5. The van der Waals surface area contributed by atoms with Crippen molar-refractivity contribution in [1.82, 2.24) is 20.2 Å². The van der Waals surface area contributed by atoms with Crippen LogP contribution >= 0.6 is 0 Å². The summed E-state index contributed by atoms with van der Waals surface area (Å²) in [6, 6.07) is 17.7. The van der Waals surface area contributed by atoms with Crippen molar-refractivity contribution in [2.24, 2.45) is 0 Å². The number of rotatable bonds is 9. The molecule has 3 rings (SSSR count). The fourth-order valence-electron chi connectivity index (χ4n) is 2.71. The van der Waals surface area contributed by atoms with E-state index in [0.29, 0.717) is 19.6 Å². The van der Waals surface area contributed by atoms with E-state index in [2.05, 4.69) is 32.4 Å². The van der Waals surface area contributed by atoms with Crippen molar-refractivity contribution in [3.8, 4) is 11.3 Å². The van der Waals surface area contributed by atoms with Gasteiger partial charge in [0.05, 0.1) is 17.6 Å². The summed E-state index contributed by atoms with van der Waals surface area (Å²) in [5.74, 6) is 0.0253. The summed E-state index contributed by atoms with van der Waals surface area (Å²) in [6.07, 6.45) is 1.77. The van der Waals surface area contributed by atoms with Gasteiger partial charge in [0, 0.05) is 25.2 Å². The zero-order chi connectivity index (χ0) is 19.1. The van der Waals surface area contributed by atoms with Gasteiger partial charge in [-0.2, -0.15) is 5.10 Å². The molecule has 1 heterocycles. The van der Waals surface area contributed by atoms with Gasteiger partial charge in [0.25, 0.3) is 0 Å². The van der Waals surface area contributed by atoms with Crippen LogP contribution in [0.5, 0.6) is 0 Å². The summed E-state index contributed by atoms with van der Waals surface area (Å²) < 4.78 is 26.9. The van der Waals surface area contributed by atoms with E-state index in [4.69, 9.17) is 0 Å². The van der Waals surface area contributed by atoms with Crippen LogP contribution < -0.4 is 10.0 Å². The Hall–Kier alpha value is -2.48. The van der Waals surface area contributed by atoms with Crippen LogP contribution in [0.2, 0.25) is 0 Å². The molecule has 0 bridgehead atoms. The number of hydrogen-bond acceptors (Lipinski definition) is 4. The number of hydrogen-bond donors (Lipinski definition) is 3. The molecular weight excluding hydrogens is 360 g/mol. The Morgan fingerprint density at radius 2 is 1.74 bits per heavy atom. The van der Waals surface area contributed by atoms with Gasteiger partial charge in [-0.25, -0.2) is 13.1 Å². The van der Waals surface area contributed by atoms with Crippen molar-refractivity contribution in [3.05, 3.63) is 77.5 Å². The van der Waals surface area contributed by atoms with Crippen LogP contribution in [-0.4, -0.2) is 30.9 Å². The topological polar surface area (TPSA) is 86.9 Å². The highest BCUT2D eigenvalue weighted by molar-refractivity contribution is 7.89. The third-order valence-corrected chi connectivity index (χ3v) is 5.59. The number of benzene rings is 2. The lowest BCUT2D eigenvalue weighted by Gasteiger charge is -2.08. The minimum Gasteiger partial charge on any atom is -0.311 e. The molecule has 3 aromatic rings. The fourth-order valence-corrected chi connectivity index (χ4v) is 3.65. The van der Waals surface area contributed by atoms with Crippen molar-refractivity contribution in [2.75, 3.05) is 12.3 Å². The Labute approximate surface area is 160 Å². The van der Waals surface area contributed by atoms with Crippen LogP contribution in [0.3, 0.4) is 0 Å². The maximum absolute atomic E-state index is 12.1. The highest BCUT2D eigenvalue weighted by Crippen LogP contribution is 2.21. The lowest BCUT2D eigenvalue weighted by Crippen LogP contribution is -2.31. The molecule has 0 atom stereocenters. The molecule has 0 amide bonds. The predicted molar refractivity (Wildman–Crippen MR) is 108 cm³/mol. The van der Waals surface area contributed by atoms with Gasteiger partial charge in [-0.3, -0.25) is 5.10 Å². The Balaban J connectivity index is 1.48. The largest absolute Gasteiger partial charge is 0.311 e. The first-order valence-electron chi connectivity index (χ1n) is 8.85. The lowest BCUT2D eigenvalue weighted by molar-refractivity contribution is 0.576. The van der Waals surface area contributed by atoms with Crippen molar-refractivity contribution in [3.63, 3.8) is 0 Å². The fraction of sp³-hybridized carbons (Fsp3) is 0.250. The first kappa shape index (κ1) is 19.3. The van der Waals surface area contributed by atoms with Gasteiger partial charge in [0.1, 0.15) is 0 Å². The highest BCUT2D eigenvalue weighted by Gasteiger charge is 2.11. The molecule has 27 heavy (non-hydrogen) atoms. The number of aromatic nitrogens is 2. The molecule has 0 fully saturated rings. The van der Waals surface area contributed by atoms with E-state index in [1.165, 1.54) is 5.56 Å². The van der Waals surface area contributed by atoms with Crippen molar-refractivity contribution in [2.45, 2.75) is 20.0 Å². The van der Waals surface area contributed by atoms with E-state index in [9.17, 15) is 8.42 Å². The number of H-pyrrole nitrogens is 1. The summed E-state index contributed by atoms with van der Waals surface area (Å²) in [4.78, 5) is 0. The van der Waals surface area contributed by atoms with Crippen molar-refractivity contribution in [1.29, 1.82) is 0 Å². The van der Waals surface area contributed by atoms with Crippen molar-refractivity contribution >= 4 is 10.0 Å². The molecule has 0 aliphatic carbocycles. The first-order chi connectivity index (χ1) is 13.0. The molecule has 142 valence electrons. The highest BCUT2D eigenvalue weighted by atomic mass is 32.2. The van der Waals surface area contributed by atoms with Gasteiger partial charge in [-0.1, -0.05) is 60.2 Å². The number of aromatic amines is 1. The minimum atomic E-state index is -3.32. The third kappa shape index (κ3) is 5.75. The molecular formula is C20H24N4O2S. The second-order valence-corrected chi connectivity index (χ2v) is 8.37. The minimum absolute atomic E-state index is 0.0253. The van der Waals surface area contributed by atoms with Gasteiger partial charge in [-0.15, -0.1) is 0 Å². The average Bonchev–Trinajstić information content (AvgIpc) is 3.14. The Morgan fingerprint density at radius 1 is 1.00 bits per heavy atom. The average molecular weight is 385 g/mol. The maximum Gasteiger partial charge on any atom is 0.213 e. The SMILES string of the molecule is Cc1ccc(-c2[nH]ncc2CNCCS(=O)(=O)NCc2ccccc2)cc1. The monoisotopic (exact) mass is 384 g/mol.